The molecule has 17 heavy (non-hydrogen) atoms. The molecule has 0 saturated heterocycles. The van der Waals surface area contributed by atoms with Crippen molar-refractivity contribution in [1.82, 2.24) is 5.32 Å². The van der Waals surface area contributed by atoms with E-state index in [-0.39, 0.29) is 11.0 Å². The molecule has 1 aromatic rings. The average molecular weight is 307 g/mol. The second kappa shape index (κ2) is 6.66. The molecule has 0 radical (unpaired) electrons. The minimum Gasteiger partial charge on any atom is -0.320 e. The summed E-state index contributed by atoms with van der Waals surface area (Å²) in [6.07, 6.45) is 0.883. The summed E-state index contributed by atoms with van der Waals surface area (Å²) >= 11 is 2.96. The zero-order valence-corrected chi connectivity index (χ0v) is 10.9. The molecule has 3 nitrogen and oxygen atoms in total. The van der Waals surface area contributed by atoms with Crippen LogP contribution in [0, 0.1) is 11.6 Å². The summed E-state index contributed by atoms with van der Waals surface area (Å²) in [7, 11) is 0. The maximum atomic E-state index is 13.4. The molecule has 1 aromatic carbocycles. The molecule has 0 atom stereocenters. The third kappa shape index (κ3) is 4.40. The highest BCUT2D eigenvalue weighted by atomic mass is 79.9. The van der Waals surface area contributed by atoms with Crippen molar-refractivity contribution in [3.63, 3.8) is 0 Å². The highest BCUT2D eigenvalue weighted by Gasteiger charge is 2.13. The molecule has 1 rings (SSSR count). The predicted molar refractivity (Wildman–Crippen MR) is 65.8 cm³/mol. The van der Waals surface area contributed by atoms with Crippen molar-refractivity contribution in [3.8, 4) is 0 Å². The Kier molecular flexibility index (Phi) is 5.50. The standard InChI is InChI=1S/C11H13BrF2N2O/c1-2-3-15-6-10(17)16-11-8(13)4-7(12)5-9(11)14/h4-5,15H,2-3,6H2,1H3,(H,16,17). The first-order valence-corrected chi connectivity index (χ1v) is 5.99. The van der Waals surface area contributed by atoms with Gasteiger partial charge in [-0.05, 0) is 25.1 Å². The molecule has 0 fully saturated rings. The SMILES string of the molecule is CCCNCC(=O)Nc1c(F)cc(Br)cc1F. The van der Waals surface area contributed by atoms with E-state index in [9.17, 15) is 13.6 Å². The first kappa shape index (κ1) is 14.1. The lowest BCUT2D eigenvalue weighted by Gasteiger charge is -2.08. The lowest BCUT2D eigenvalue weighted by molar-refractivity contribution is -0.115. The third-order valence-corrected chi connectivity index (χ3v) is 2.44. The van der Waals surface area contributed by atoms with Gasteiger partial charge in [0, 0.05) is 4.47 Å². The lowest BCUT2D eigenvalue weighted by Crippen LogP contribution is -2.29. The molecular formula is C11H13BrF2N2O. The molecule has 0 heterocycles. The quantitative estimate of drug-likeness (QED) is 0.821. The summed E-state index contributed by atoms with van der Waals surface area (Å²) in [5.74, 6) is -2.08. The van der Waals surface area contributed by atoms with Crippen molar-refractivity contribution in [2.24, 2.45) is 0 Å². The van der Waals surface area contributed by atoms with E-state index in [2.05, 4.69) is 26.6 Å². The maximum Gasteiger partial charge on any atom is 0.238 e. The normalized spacial score (nSPS) is 10.4. The van der Waals surface area contributed by atoms with Crippen LogP contribution in [0.1, 0.15) is 13.3 Å². The van der Waals surface area contributed by atoms with Gasteiger partial charge in [0.05, 0.1) is 6.54 Å². The Hall–Kier alpha value is -1.01. The number of anilines is 1. The van der Waals surface area contributed by atoms with Crippen LogP contribution in [0.3, 0.4) is 0 Å². The fraction of sp³-hybridized carbons (Fsp3) is 0.364. The van der Waals surface area contributed by atoms with Crippen LogP contribution in [0.4, 0.5) is 14.5 Å². The molecule has 6 heteroatoms. The number of hydrogen-bond donors (Lipinski definition) is 2. The van der Waals surface area contributed by atoms with Gasteiger partial charge >= 0.3 is 0 Å². The second-order valence-corrected chi connectivity index (χ2v) is 4.39. The lowest BCUT2D eigenvalue weighted by atomic mass is 10.3. The van der Waals surface area contributed by atoms with E-state index in [1.165, 1.54) is 0 Å². The Bertz CT molecular complexity index is 389. The van der Waals surface area contributed by atoms with Gasteiger partial charge in [-0.1, -0.05) is 22.9 Å². The summed E-state index contributed by atoms with van der Waals surface area (Å²) < 4.78 is 27.0. The largest absolute Gasteiger partial charge is 0.320 e. The number of rotatable bonds is 5. The number of carbonyl (C=O) groups excluding carboxylic acids is 1. The van der Waals surface area contributed by atoms with E-state index in [0.717, 1.165) is 18.6 Å². The molecule has 0 aliphatic heterocycles. The Balaban J connectivity index is 2.65. The van der Waals surface area contributed by atoms with Gasteiger partial charge in [-0.3, -0.25) is 4.79 Å². The van der Waals surface area contributed by atoms with Crippen LogP contribution in [0.25, 0.3) is 0 Å². The third-order valence-electron chi connectivity index (χ3n) is 1.98. The zero-order chi connectivity index (χ0) is 12.8. The molecule has 1 amide bonds. The maximum absolute atomic E-state index is 13.4. The number of benzene rings is 1. The van der Waals surface area contributed by atoms with E-state index in [0.29, 0.717) is 6.54 Å². The Morgan fingerprint density at radius 2 is 1.94 bits per heavy atom. The van der Waals surface area contributed by atoms with Gasteiger partial charge in [0.1, 0.15) is 5.69 Å². The van der Waals surface area contributed by atoms with Crippen molar-refractivity contribution in [1.29, 1.82) is 0 Å². The van der Waals surface area contributed by atoms with Crippen LogP contribution in [-0.2, 0) is 4.79 Å². The van der Waals surface area contributed by atoms with Gasteiger partial charge in [-0.15, -0.1) is 0 Å². The Labute approximate surface area is 107 Å². The van der Waals surface area contributed by atoms with Crippen LogP contribution in [0.2, 0.25) is 0 Å². The molecular weight excluding hydrogens is 294 g/mol. The Morgan fingerprint density at radius 1 is 1.35 bits per heavy atom. The minimum absolute atomic E-state index is 0.0305. The van der Waals surface area contributed by atoms with E-state index in [1.54, 1.807) is 0 Å². The fourth-order valence-electron chi connectivity index (χ4n) is 1.22. The van der Waals surface area contributed by atoms with Crippen molar-refractivity contribution >= 4 is 27.5 Å². The van der Waals surface area contributed by atoms with Crippen LogP contribution >= 0.6 is 15.9 Å². The first-order chi connectivity index (χ1) is 8.04. The average Bonchev–Trinajstić information content (AvgIpc) is 2.24. The summed E-state index contributed by atoms with van der Waals surface area (Å²) in [6.45, 7) is 2.67. The highest BCUT2D eigenvalue weighted by Crippen LogP contribution is 2.23. The smallest absolute Gasteiger partial charge is 0.238 e. The number of hydrogen-bond acceptors (Lipinski definition) is 2. The first-order valence-electron chi connectivity index (χ1n) is 5.19. The number of carbonyl (C=O) groups is 1. The van der Waals surface area contributed by atoms with Crippen molar-refractivity contribution in [2.45, 2.75) is 13.3 Å². The van der Waals surface area contributed by atoms with E-state index < -0.39 is 23.2 Å². The number of halogens is 3. The summed E-state index contributed by atoms with van der Waals surface area (Å²) in [6, 6.07) is 2.19. The van der Waals surface area contributed by atoms with Gasteiger partial charge in [-0.2, -0.15) is 0 Å². The molecule has 0 bridgehead atoms. The minimum atomic E-state index is -0.805. The van der Waals surface area contributed by atoms with Gasteiger partial charge in [0.15, 0.2) is 11.6 Å². The van der Waals surface area contributed by atoms with E-state index in [1.807, 2.05) is 6.92 Å². The van der Waals surface area contributed by atoms with Gasteiger partial charge in [0.2, 0.25) is 5.91 Å². The van der Waals surface area contributed by atoms with Crippen LogP contribution < -0.4 is 10.6 Å². The summed E-state index contributed by atoms with van der Waals surface area (Å²) in [5, 5.41) is 5.03. The summed E-state index contributed by atoms with van der Waals surface area (Å²) in [5.41, 5.74) is -0.420. The molecule has 0 aliphatic carbocycles. The van der Waals surface area contributed by atoms with Crippen LogP contribution in [-0.4, -0.2) is 19.0 Å². The van der Waals surface area contributed by atoms with E-state index >= 15 is 0 Å². The van der Waals surface area contributed by atoms with Crippen LogP contribution in [0.5, 0.6) is 0 Å². The van der Waals surface area contributed by atoms with Gasteiger partial charge < -0.3 is 10.6 Å². The molecule has 0 aromatic heterocycles. The molecule has 0 aliphatic rings. The zero-order valence-electron chi connectivity index (χ0n) is 9.32. The Morgan fingerprint density at radius 3 is 2.47 bits per heavy atom. The van der Waals surface area contributed by atoms with Crippen molar-refractivity contribution in [3.05, 3.63) is 28.2 Å². The monoisotopic (exact) mass is 306 g/mol. The molecule has 0 saturated carbocycles. The molecule has 2 N–H and O–H groups in total. The van der Waals surface area contributed by atoms with Gasteiger partial charge in [0.25, 0.3) is 0 Å². The fourth-order valence-corrected chi connectivity index (χ4v) is 1.63. The van der Waals surface area contributed by atoms with E-state index in [4.69, 9.17) is 0 Å². The molecule has 94 valence electrons. The molecule has 0 spiro atoms. The number of nitrogens with one attached hydrogen (secondary N) is 2. The highest BCUT2D eigenvalue weighted by molar-refractivity contribution is 9.10. The van der Waals surface area contributed by atoms with Crippen molar-refractivity contribution < 1.29 is 13.6 Å². The van der Waals surface area contributed by atoms with Gasteiger partial charge in [-0.25, -0.2) is 8.78 Å². The summed E-state index contributed by atoms with van der Waals surface area (Å²) in [4.78, 5) is 11.4. The number of amides is 1. The molecule has 0 unspecified atom stereocenters. The van der Waals surface area contributed by atoms with Crippen molar-refractivity contribution in [2.75, 3.05) is 18.4 Å². The predicted octanol–water partition coefficient (Wildman–Crippen LogP) is 2.67. The second-order valence-electron chi connectivity index (χ2n) is 3.47. The van der Waals surface area contributed by atoms with Crippen LogP contribution in [0.15, 0.2) is 16.6 Å². The topological polar surface area (TPSA) is 41.1 Å².